The number of amides is 3. The van der Waals surface area contributed by atoms with E-state index in [4.69, 9.17) is 9.26 Å². The molecule has 2 aromatic carbocycles. The summed E-state index contributed by atoms with van der Waals surface area (Å²) >= 11 is 0. The van der Waals surface area contributed by atoms with Crippen molar-refractivity contribution in [1.82, 2.24) is 10.5 Å². The SMILES string of the molecule is COC(=O)C(NC(=O)c1cc(-c2ccc(NC(=O)Nc3ccccc3)cc2)no1)C(C)C. The smallest absolute Gasteiger partial charge is 0.328 e. The van der Waals surface area contributed by atoms with Crippen molar-refractivity contribution in [3.8, 4) is 11.3 Å². The molecule has 3 rings (SSSR count). The second-order valence-corrected chi connectivity index (χ2v) is 7.32. The van der Waals surface area contributed by atoms with Gasteiger partial charge in [-0.15, -0.1) is 0 Å². The molecule has 9 nitrogen and oxygen atoms in total. The van der Waals surface area contributed by atoms with Crippen LogP contribution in [0.3, 0.4) is 0 Å². The Morgan fingerprint density at radius 2 is 1.56 bits per heavy atom. The maximum absolute atomic E-state index is 12.4. The highest BCUT2D eigenvalue weighted by Crippen LogP contribution is 2.22. The summed E-state index contributed by atoms with van der Waals surface area (Å²) in [5, 5.41) is 12.0. The fourth-order valence-corrected chi connectivity index (χ4v) is 2.89. The number of methoxy groups -OCH3 is 1. The van der Waals surface area contributed by atoms with Crippen molar-refractivity contribution in [3.05, 3.63) is 66.4 Å². The Kier molecular flexibility index (Phi) is 7.22. The third kappa shape index (κ3) is 5.72. The lowest BCUT2D eigenvalue weighted by atomic mass is 10.0. The van der Waals surface area contributed by atoms with Crippen LogP contribution in [-0.4, -0.2) is 36.2 Å². The fourth-order valence-electron chi connectivity index (χ4n) is 2.89. The fraction of sp³-hybridized carbons (Fsp3) is 0.217. The number of hydrogen-bond acceptors (Lipinski definition) is 6. The van der Waals surface area contributed by atoms with Crippen molar-refractivity contribution >= 4 is 29.3 Å². The molecule has 1 heterocycles. The average molecular weight is 436 g/mol. The third-order valence-electron chi connectivity index (χ3n) is 4.61. The molecule has 9 heteroatoms. The lowest BCUT2D eigenvalue weighted by Crippen LogP contribution is -2.44. The Morgan fingerprint density at radius 3 is 2.16 bits per heavy atom. The molecule has 3 N–H and O–H groups in total. The number of aromatic nitrogens is 1. The molecule has 0 spiro atoms. The van der Waals surface area contributed by atoms with Gasteiger partial charge in [0.2, 0.25) is 5.76 Å². The van der Waals surface area contributed by atoms with Gasteiger partial charge in [0.15, 0.2) is 0 Å². The molecule has 0 bridgehead atoms. The van der Waals surface area contributed by atoms with Crippen LogP contribution in [0.4, 0.5) is 16.2 Å². The van der Waals surface area contributed by atoms with E-state index in [1.165, 1.54) is 13.2 Å². The summed E-state index contributed by atoms with van der Waals surface area (Å²) in [7, 11) is 1.26. The standard InChI is InChI=1S/C23H24N4O5/c1-14(2)20(22(29)31-3)26-21(28)19-13-18(27-32-19)15-9-11-17(12-10-15)25-23(30)24-16-7-5-4-6-8-16/h4-14,20H,1-3H3,(H,26,28)(H2,24,25,30). The summed E-state index contributed by atoms with van der Waals surface area (Å²) in [5.74, 6) is -1.29. The number of anilines is 2. The first kappa shape index (κ1) is 22.5. The van der Waals surface area contributed by atoms with Crippen LogP contribution in [0.2, 0.25) is 0 Å². The van der Waals surface area contributed by atoms with Crippen LogP contribution in [-0.2, 0) is 9.53 Å². The Bertz CT molecular complexity index is 1080. The Balaban J connectivity index is 1.62. The van der Waals surface area contributed by atoms with Crippen molar-refractivity contribution < 1.29 is 23.6 Å². The second-order valence-electron chi connectivity index (χ2n) is 7.32. The van der Waals surface area contributed by atoms with Crippen LogP contribution in [0.25, 0.3) is 11.3 Å². The maximum atomic E-state index is 12.4. The number of carbonyl (C=O) groups is 3. The second kappa shape index (κ2) is 10.3. The summed E-state index contributed by atoms with van der Waals surface area (Å²) in [6, 6.07) is 16.3. The largest absolute Gasteiger partial charge is 0.467 e. The van der Waals surface area contributed by atoms with Gasteiger partial charge in [-0.25, -0.2) is 9.59 Å². The van der Waals surface area contributed by atoms with Crippen LogP contribution in [0.15, 0.2) is 65.2 Å². The molecule has 32 heavy (non-hydrogen) atoms. The highest BCUT2D eigenvalue weighted by molar-refractivity contribution is 6.00. The molecular weight excluding hydrogens is 412 g/mol. The Morgan fingerprint density at radius 1 is 0.938 bits per heavy atom. The molecule has 3 amide bonds. The van der Waals surface area contributed by atoms with Crippen LogP contribution in [0.1, 0.15) is 24.4 Å². The van der Waals surface area contributed by atoms with E-state index in [0.29, 0.717) is 22.6 Å². The van der Waals surface area contributed by atoms with Gasteiger partial charge in [-0.2, -0.15) is 0 Å². The van der Waals surface area contributed by atoms with Crippen molar-refractivity contribution in [3.63, 3.8) is 0 Å². The summed E-state index contributed by atoms with van der Waals surface area (Å²) < 4.78 is 9.86. The lowest BCUT2D eigenvalue weighted by molar-refractivity contribution is -0.144. The highest BCUT2D eigenvalue weighted by atomic mass is 16.5. The zero-order chi connectivity index (χ0) is 23.1. The van der Waals surface area contributed by atoms with Crippen molar-refractivity contribution in [2.24, 2.45) is 5.92 Å². The van der Waals surface area contributed by atoms with Gasteiger partial charge in [0.05, 0.1) is 7.11 Å². The van der Waals surface area contributed by atoms with Gasteiger partial charge < -0.3 is 25.2 Å². The number of ether oxygens (including phenoxy) is 1. The first-order valence-corrected chi connectivity index (χ1v) is 9.96. The van der Waals surface area contributed by atoms with Crippen LogP contribution in [0.5, 0.6) is 0 Å². The summed E-state index contributed by atoms with van der Waals surface area (Å²) in [4.78, 5) is 36.4. The number of urea groups is 1. The number of nitrogens with zero attached hydrogens (tertiary/aromatic N) is 1. The third-order valence-corrected chi connectivity index (χ3v) is 4.61. The average Bonchev–Trinajstić information content (AvgIpc) is 3.28. The molecule has 0 aliphatic carbocycles. The van der Waals surface area contributed by atoms with E-state index in [-0.39, 0.29) is 17.7 Å². The van der Waals surface area contributed by atoms with Gasteiger partial charge in [-0.3, -0.25) is 4.79 Å². The van der Waals surface area contributed by atoms with E-state index in [1.807, 2.05) is 18.2 Å². The Labute approximate surface area is 185 Å². The van der Waals surface area contributed by atoms with E-state index in [1.54, 1.807) is 50.2 Å². The number of para-hydroxylation sites is 1. The van der Waals surface area contributed by atoms with E-state index in [9.17, 15) is 14.4 Å². The molecule has 0 saturated carbocycles. The number of benzene rings is 2. The molecule has 0 radical (unpaired) electrons. The van der Waals surface area contributed by atoms with E-state index >= 15 is 0 Å². The number of hydrogen-bond donors (Lipinski definition) is 3. The van der Waals surface area contributed by atoms with Gasteiger partial charge in [-0.05, 0) is 30.2 Å². The van der Waals surface area contributed by atoms with Gasteiger partial charge in [-0.1, -0.05) is 49.3 Å². The summed E-state index contributed by atoms with van der Waals surface area (Å²) in [6.45, 7) is 3.59. The number of esters is 1. The number of carbonyl (C=O) groups excluding carboxylic acids is 3. The topological polar surface area (TPSA) is 123 Å². The van der Waals surface area contributed by atoms with Crippen LogP contribution in [0, 0.1) is 5.92 Å². The molecule has 0 aliphatic heterocycles. The molecule has 3 aromatic rings. The summed E-state index contributed by atoms with van der Waals surface area (Å²) in [6.07, 6.45) is 0. The van der Waals surface area contributed by atoms with Crippen LogP contribution < -0.4 is 16.0 Å². The van der Waals surface area contributed by atoms with E-state index in [2.05, 4.69) is 21.1 Å². The molecule has 0 aliphatic rings. The molecule has 1 aromatic heterocycles. The lowest BCUT2D eigenvalue weighted by Gasteiger charge is -2.18. The first-order valence-electron chi connectivity index (χ1n) is 9.96. The predicted octanol–water partition coefficient (Wildman–Crippen LogP) is 3.91. The maximum Gasteiger partial charge on any atom is 0.328 e. The monoisotopic (exact) mass is 436 g/mol. The van der Waals surface area contributed by atoms with Gasteiger partial charge in [0, 0.05) is 23.0 Å². The Hall–Kier alpha value is -4.14. The first-order chi connectivity index (χ1) is 15.4. The highest BCUT2D eigenvalue weighted by Gasteiger charge is 2.27. The minimum Gasteiger partial charge on any atom is -0.467 e. The number of nitrogens with one attached hydrogen (secondary N) is 3. The predicted molar refractivity (Wildman–Crippen MR) is 119 cm³/mol. The van der Waals surface area contributed by atoms with E-state index < -0.39 is 17.9 Å². The summed E-state index contributed by atoms with van der Waals surface area (Å²) in [5.41, 5.74) is 2.40. The molecule has 1 unspecified atom stereocenters. The van der Waals surface area contributed by atoms with E-state index in [0.717, 1.165) is 0 Å². The zero-order valence-electron chi connectivity index (χ0n) is 17.9. The quantitative estimate of drug-likeness (QED) is 0.483. The molecule has 166 valence electrons. The van der Waals surface area contributed by atoms with Crippen LogP contribution >= 0.6 is 0 Å². The zero-order valence-corrected chi connectivity index (χ0v) is 17.9. The minimum absolute atomic E-state index is 0.0287. The van der Waals surface area contributed by atoms with Gasteiger partial charge in [0.1, 0.15) is 11.7 Å². The number of rotatable bonds is 7. The normalized spacial score (nSPS) is 11.5. The molecule has 1 atom stereocenters. The molecular formula is C23H24N4O5. The van der Waals surface area contributed by atoms with Gasteiger partial charge >= 0.3 is 12.0 Å². The van der Waals surface area contributed by atoms with Crippen molar-refractivity contribution in [2.75, 3.05) is 17.7 Å². The van der Waals surface area contributed by atoms with Crippen molar-refractivity contribution in [1.29, 1.82) is 0 Å². The van der Waals surface area contributed by atoms with Crippen molar-refractivity contribution in [2.45, 2.75) is 19.9 Å². The minimum atomic E-state index is -0.798. The van der Waals surface area contributed by atoms with Gasteiger partial charge in [0.25, 0.3) is 5.91 Å². The molecule has 0 saturated heterocycles. The molecule has 0 fully saturated rings.